The lowest BCUT2D eigenvalue weighted by Gasteiger charge is -2.25. The number of rotatable bonds is 6. The minimum atomic E-state index is -0.351. The molecule has 19 heavy (non-hydrogen) atoms. The van der Waals surface area contributed by atoms with Gasteiger partial charge in [0.05, 0.1) is 18.8 Å². The second-order valence-electron chi connectivity index (χ2n) is 4.64. The molecule has 0 aliphatic rings. The van der Waals surface area contributed by atoms with Crippen LogP contribution in [0, 0.1) is 6.92 Å². The zero-order valence-corrected chi connectivity index (χ0v) is 11.4. The van der Waals surface area contributed by atoms with Crippen LogP contribution in [0.5, 0.6) is 0 Å². The first-order valence-corrected chi connectivity index (χ1v) is 6.58. The minimum Gasteiger partial charge on any atom is -0.444 e. The highest BCUT2D eigenvalue weighted by Gasteiger charge is 2.14. The van der Waals surface area contributed by atoms with E-state index in [0.717, 1.165) is 17.9 Å². The third kappa shape index (κ3) is 3.83. The second-order valence-corrected chi connectivity index (χ2v) is 4.64. The quantitative estimate of drug-likeness (QED) is 0.867. The van der Waals surface area contributed by atoms with Crippen LogP contribution < -0.4 is 4.90 Å². The van der Waals surface area contributed by atoms with Gasteiger partial charge in [-0.1, -0.05) is 25.1 Å². The van der Waals surface area contributed by atoms with Gasteiger partial charge in [0, 0.05) is 12.2 Å². The van der Waals surface area contributed by atoms with E-state index in [1.165, 1.54) is 0 Å². The monoisotopic (exact) mass is 260 g/mol. The summed E-state index contributed by atoms with van der Waals surface area (Å²) in [6, 6.07) is 10.0. The van der Waals surface area contributed by atoms with Gasteiger partial charge in [-0.15, -0.1) is 0 Å². The Morgan fingerprint density at radius 3 is 2.63 bits per heavy atom. The molecule has 1 unspecified atom stereocenters. The van der Waals surface area contributed by atoms with Crippen molar-refractivity contribution < 1.29 is 9.52 Å². The standard InChI is InChI=1S/C15H20N2O2/c1-3-14(18)10-17(13-7-5-4-6-8-13)11-15-16-9-12(2)19-15/h4-9,14,18H,3,10-11H2,1-2H3. The van der Waals surface area contributed by atoms with E-state index in [1.807, 2.05) is 44.2 Å². The molecule has 0 aliphatic carbocycles. The van der Waals surface area contributed by atoms with Crippen molar-refractivity contribution in [1.29, 1.82) is 0 Å². The number of para-hydroxylation sites is 1. The maximum Gasteiger partial charge on any atom is 0.213 e. The van der Waals surface area contributed by atoms with Gasteiger partial charge < -0.3 is 14.4 Å². The number of hydrogen-bond acceptors (Lipinski definition) is 4. The van der Waals surface area contributed by atoms with Crippen LogP contribution in [0.3, 0.4) is 0 Å². The number of hydrogen-bond donors (Lipinski definition) is 1. The van der Waals surface area contributed by atoms with Gasteiger partial charge in [0.15, 0.2) is 0 Å². The molecule has 0 radical (unpaired) electrons. The fourth-order valence-corrected chi connectivity index (χ4v) is 1.92. The smallest absolute Gasteiger partial charge is 0.213 e. The maximum absolute atomic E-state index is 9.88. The van der Waals surface area contributed by atoms with Crippen LogP contribution in [0.25, 0.3) is 0 Å². The van der Waals surface area contributed by atoms with Crippen LogP contribution in [-0.4, -0.2) is 22.7 Å². The van der Waals surface area contributed by atoms with E-state index < -0.39 is 0 Å². The minimum absolute atomic E-state index is 0.351. The molecule has 1 N–H and O–H groups in total. The molecule has 4 heteroatoms. The topological polar surface area (TPSA) is 49.5 Å². The number of nitrogens with zero attached hydrogens (tertiary/aromatic N) is 2. The molecule has 0 aliphatic heterocycles. The summed E-state index contributed by atoms with van der Waals surface area (Å²) in [6.07, 6.45) is 2.10. The Kier molecular flexibility index (Phi) is 4.58. The molecule has 2 aromatic rings. The number of aliphatic hydroxyl groups excluding tert-OH is 1. The Morgan fingerprint density at radius 2 is 2.05 bits per heavy atom. The molecule has 0 saturated heterocycles. The number of aromatic nitrogens is 1. The fraction of sp³-hybridized carbons (Fsp3) is 0.400. The lowest BCUT2D eigenvalue weighted by Crippen LogP contribution is -2.31. The largest absolute Gasteiger partial charge is 0.444 e. The van der Waals surface area contributed by atoms with Gasteiger partial charge in [0.1, 0.15) is 5.76 Å². The fourth-order valence-electron chi connectivity index (χ4n) is 1.92. The molecule has 0 amide bonds. The van der Waals surface area contributed by atoms with Crippen molar-refractivity contribution in [3.05, 3.63) is 48.2 Å². The molecule has 102 valence electrons. The van der Waals surface area contributed by atoms with Crippen molar-refractivity contribution in [2.24, 2.45) is 0 Å². The van der Waals surface area contributed by atoms with Crippen LogP contribution in [0.4, 0.5) is 5.69 Å². The first-order valence-electron chi connectivity index (χ1n) is 6.58. The zero-order chi connectivity index (χ0) is 13.7. The Labute approximate surface area is 113 Å². The predicted molar refractivity (Wildman–Crippen MR) is 75.0 cm³/mol. The summed E-state index contributed by atoms with van der Waals surface area (Å²) >= 11 is 0. The Bertz CT molecular complexity index is 496. The molecule has 2 rings (SSSR count). The van der Waals surface area contributed by atoms with Gasteiger partial charge in [-0.2, -0.15) is 0 Å². The van der Waals surface area contributed by atoms with E-state index in [9.17, 15) is 5.11 Å². The van der Waals surface area contributed by atoms with Crippen LogP contribution in [0.15, 0.2) is 40.9 Å². The molecule has 0 fully saturated rings. The van der Waals surface area contributed by atoms with Crippen LogP contribution in [-0.2, 0) is 6.54 Å². The SMILES string of the molecule is CCC(O)CN(Cc1ncc(C)o1)c1ccccc1. The van der Waals surface area contributed by atoms with Crippen molar-refractivity contribution in [3.63, 3.8) is 0 Å². The first kappa shape index (κ1) is 13.6. The summed E-state index contributed by atoms with van der Waals surface area (Å²) in [5.74, 6) is 1.48. The molecule has 1 aromatic carbocycles. The Balaban J connectivity index is 2.14. The summed E-state index contributed by atoms with van der Waals surface area (Å²) in [5.41, 5.74) is 1.06. The number of oxazole rings is 1. The van der Waals surface area contributed by atoms with Crippen molar-refractivity contribution in [2.45, 2.75) is 32.9 Å². The van der Waals surface area contributed by atoms with Gasteiger partial charge in [0.25, 0.3) is 0 Å². The first-order chi connectivity index (χ1) is 9.19. The Morgan fingerprint density at radius 1 is 1.32 bits per heavy atom. The van der Waals surface area contributed by atoms with Crippen molar-refractivity contribution in [1.82, 2.24) is 4.98 Å². The number of aryl methyl sites for hydroxylation is 1. The van der Waals surface area contributed by atoms with E-state index in [4.69, 9.17) is 4.42 Å². The highest BCUT2D eigenvalue weighted by Crippen LogP contribution is 2.17. The van der Waals surface area contributed by atoms with E-state index in [-0.39, 0.29) is 6.10 Å². The van der Waals surface area contributed by atoms with Gasteiger partial charge in [0.2, 0.25) is 5.89 Å². The van der Waals surface area contributed by atoms with Crippen molar-refractivity contribution in [2.75, 3.05) is 11.4 Å². The molecule has 1 atom stereocenters. The molecule has 0 spiro atoms. The average Bonchev–Trinajstić information content (AvgIpc) is 2.84. The zero-order valence-electron chi connectivity index (χ0n) is 11.4. The Hall–Kier alpha value is -1.81. The number of aliphatic hydroxyl groups is 1. The summed E-state index contributed by atoms with van der Waals surface area (Å²) in [6.45, 7) is 4.99. The van der Waals surface area contributed by atoms with Crippen molar-refractivity contribution in [3.8, 4) is 0 Å². The molecule has 0 bridgehead atoms. The van der Waals surface area contributed by atoms with Crippen LogP contribution in [0.2, 0.25) is 0 Å². The summed E-state index contributed by atoms with van der Waals surface area (Å²) in [5, 5.41) is 9.88. The van der Waals surface area contributed by atoms with Crippen molar-refractivity contribution >= 4 is 5.69 Å². The third-order valence-electron chi connectivity index (χ3n) is 3.02. The highest BCUT2D eigenvalue weighted by atomic mass is 16.4. The lowest BCUT2D eigenvalue weighted by atomic mass is 10.2. The highest BCUT2D eigenvalue weighted by molar-refractivity contribution is 5.46. The van der Waals surface area contributed by atoms with Gasteiger partial charge >= 0.3 is 0 Å². The maximum atomic E-state index is 9.88. The second kappa shape index (κ2) is 6.38. The molecule has 4 nitrogen and oxygen atoms in total. The normalized spacial score (nSPS) is 12.4. The predicted octanol–water partition coefficient (Wildman–Crippen LogP) is 2.76. The molecular weight excluding hydrogens is 240 g/mol. The lowest BCUT2D eigenvalue weighted by molar-refractivity contribution is 0.174. The van der Waals surface area contributed by atoms with E-state index in [1.54, 1.807) is 6.20 Å². The van der Waals surface area contributed by atoms with E-state index in [0.29, 0.717) is 19.0 Å². The molecular formula is C15H20N2O2. The third-order valence-corrected chi connectivity index (χ3v) is 3.02. The van der Waals surface area contributed by atoms with Crippen LogP contribution in [0.1, 0.15) is 25.0 Å². The van der Waals surface area contributed by atoms with Gasteiger partial charge in [-0.05, 0) is 25.5 Å². The van der Waals surface area contributed by atoms with E-state index in [2.05, 4.69) is 9.88 Å². The summed E-state index contributed by atoms with van der Waals surface area (Å²) in [4.78, 5) is 6.31. The number of benzene rings is 1. The summed E-state index contributed by atoms with van der Waals surface area (Å²) in [7, 11) is 0. The van der Waals surface area contributed by atoms with Gasteiger partial charge in [-0.25, -0.2) is 4.98 Å². The van der Waals surface area contributed by atoms with Crippen LogP contribution >= 0.6 is 0 Å². The molecule has 1 aromatic heterocycles. The van der Waals surface area contributed by atoms with Gasteiger partial charge in [-0.3, -0.25) is 0 Å². The number of anilines is 1. The summed E-state index contributed by atoms with van der Waals surface area (Å²) < 4.78 is 5.52. The average molecular weight is 260 g/mol. The molecule has 0 saturated carbocycles. The molecule has 1 heterocycles. The van der Waals surface area contributed by atoms with E-state index >= 15 is 0 Å².